The fourth-order valence-corrected chi connectivity index (χ4v) is 3.30. The summed E-state index contributed by atoms with van der Waals surface area (Å²) < 4.78 is 16.5. The van der Waals surface area contributed by atoms with E-state index in [0.717, 1.165) is 55.2 Å². The van der Waals surface area contributed by atoms with Gasteiger partial charge < -0.3 is 23.8 Å². The molecule has 156 valence electrons. The Balaban J connectivity index is 1.65. The molecule has 7 heteroatoms. The lowest BCUT2D eigenvalue weighted by Crippen LogP contribution is -2.33. The number of methoxy groups -OCH3 is 1. The Bertz CT molecular complexity index is 855. The zero-order valence-electron chi connectivity index (χ0n) is 17.6. The van der Waals surface area contributed by atoms with E-state index in [1.54, 1.807) is 13.2 Å². The molecule has 2 aromatic rings. The van der Waals surface area contributed by atoms with Crippen molar-refractivity contribution in [3.05, 3.63) is 46.9 Å². The standard InChI is InChI=1S/C22H29N3O4/c1-16-19(17(2)29-23-16)15-28-20-8-6-18(14-21(20)27-4)7-9-22(26)25-11-5-10-24(3)12-13-25/h6-9,14H,5,10-13,15H2,1-4H3. The third-order valence-corrected chi connectivity index (χ3v) is 5.19. The van der Waals surface area contributed by atoms with Crippen LogP contribution in [0.3, 0.4) is 0 Å². The van der Waals surface area contributed by atoms with Crippen LogP contribution in [0.4, 0.5) is 0 Å². The molecule has 1 fully saturated rings. The van der Waals surface area contributed by atoms with E-state index in [0.29, 0.717) is 18.1 Å². The number of ether oxygens (including phenoxy) is 2. The summed E-state index contributed by atoms with van der Waals surface area (Å²) in [5.74, 6) is 2.03. The summed E-state index contributed by atoms with van der Waals surface area (Å²) in [5.41, 5.74) is 2.63. The quantitative estimate of drug-likeness (QED) is 0.696. The molecule has 1 aromatic carbocycles. The first-order valence-corrected chi connectivity index (χ1v) is 9.86. The van der Waals surface area contributed by atoms with Crippen molar-refractivity contribution in [2.24, 2.45) is 0 Å². The maximum absolute atomic E-state index is 12.5. The number of carbonyl (C=O) groups is 1. The molecule has 1 aliphatic heterocycles. The van der Waals surface area contributed by atoms with E-state index in [4.69, 9.17) is 14.0 Å². The van der Waals surface area contributed by atoms with Crippen LogP contribution >= 0.6 is 0 Å². The molecule has 0 N–H and O–H groups in total. The first-order valence-electron chi connectivity index (χ1n) is 9.86. The number of nitrogens with zero attached hydrogens (tertiary/aromatic N) is 3. The molecule has 2 heterocycles. The van der Waals surface area contributed by atoms with Crippen molar-refractivity contribution in [2.45, 2.75) is 26.9 Å². The molecule has 0 spiro atoms. The Morgan fingerprint density at radius 1 is 1.21 bits per heavy atom. The van der Waals surface area contributed by atoms with Crippen molar-refractivity contribution in [2.75, 3.05) is 40.3 Å². The van der Waals surface area contributed by atoms with Crippen LogP contribution in [0.2, 0.25) is 0 Å². The smallest absolute Gasteiger partial charge is 0.246 e. The van der Waals surface area contributed by atoms with E-state index in [2.05, 4.69) is 17.1 Å². The van der Waals surface area contributed by atoms with Gasteiger partial charge in [0.25, 0.3) is 0 Å². The van der Waals surface area contributed by atoms with Gasteiger partial charge in [0, 0.05) is 25.7 Å². The Hall–Kier alpha value is -2.80. The minimum Gasteiger partial charge on any atom is -0.493 e. The maximum Gasteiger partial charge on any atom is 0.246 e. The van der Waals surface area contributed by atoms with Crippen molar-refractivity contribution in [3.8, 4) is 11.5 Å². The Kier molecular flexibility index (Phi) is 6.93. The lowest BCUT2D eigenvalue weighted by atomic mass is 10.1. The van der Waals surface area contributed by atoms with Crippen LogP contribution in [0.15, 0.2) is 28.8 Å². The summed E-state index contributed by atoms with van der Waals surface area (Å²) in [5, 5.41) is 3.94. The largest absolute Gasteiger partial charge is 0.493 e. The van der Waals surface area contributed by atoms with Crippen molar-refractivity contribution < 1.29 is 18.8 Å². The zero-order chi connectivity index (χ0) is 20.8. The van der Waals surface area contributed by atoms with Crippen LogP contribution in [0.5, 0.6) is 11.5 Å². The molecule has 0 aliphatic carbocycles. The van der Waals surface area contributed by atoms with Crippen molar-refractivity contribution >= 4 is 12.0 Å². The van der Waals surface area contributed by atoms with Crippen molar-refractivity contribution in [1.82, 2.24) is 15.0 Å². The first kappa shape index (κ1) is 20.9. The van der Waals surface area contributed by atoms with Crippen LogP contribution < -0.4 is 9.47 Å². The van der Waals surface area contributed by atoms with Gasteiger partial charge in [-0.25, -0.2) is 0 Å². The monoisotopic (exact) mass is 399 g/mol. The van der Waals surface area contributed by atoms with E-state index in [-0.39, 0.29) is 5.91 Å². The number of likely N-dealkylation sites (N-methyl/N-ethyl adjacent to an activating group) is 1. The Morgan fingerprint density at radius 2 is 2.03 bits per heavy atom. The molecule has 29 heavy (non-hydrogen) atoms. The molecule has 1 aromatic heterocycles. The predicted molar refractivity (Wildman–Crippen MR) is 111 cm³/mol. The number of rotatable bonds is 6. The second-order valence-electron chi connectivity index (χ2n) is 7.32. The van der Waals surface area contributed by atoms with E-state index in [1.807, 2.05) is 43.0 Å². The Morgan fingerprint density at radius 3 is 2.76 bits per heavy atom. The molecule has 7 nitrogen and oxygen atoms in total. The molecular formula is C22H29N3O4. The third kappa shape index (κ3) is 5.38. The predicted octanol–water partition coefficient (Wildman–Crippen LogP) is 3.06. The SMILES string of the molecule is COc1cc(C=CC(=O)N2CCCN(C)CC2)ccc1OCc1c(C)noc1C. The van der Waals surface area contributed by atoms with Gasteiger partial charge in [0.2, 0.25) is 5.91 Å². The summed E-state index contributed by atoms with van der Waals surface area (Å²) in [6, 6.07) is 5.62. The van der Waals surface area contributed by atoms with Gasteiger partial charge >= 0.3 is 0 Å². The molecule has 1 aliphatic rings. The summed E-state index contributed by atoms with van der Waals surface area (Å²) in [7, 11) is 3.69. The van der Waals surface area contributed by atoms with Crippen molar-refractivity contribution in [3.63, 3.8) is 0 Å². The number of hydrogen-bond donors (Lipinski definition) is 0. The summed E-state index contributed by atoms with van der Waals surface area (Å²) in [4.78, 5) is 16.7. The molecule has 3 rings (SSSR count). The highest BCUT2D eigenvalue weighted by atomic mass is 16.5. The van der Waals surface area contributed by atoms with Crippen LogP contribution in [0, 0.1) is 13.8 Å². The summed E-state index contributed by atoms with van der Waals surface area (Å²) >= 11 is 0. The number of amides is 1. The minimum absolute atomic E-state index is 0.0398. The minimum atomic E-state index is 0.0398. The number of benzene rings is 1. The van der Waals surface area contributed by atoms with E-state index in [9.17, 15) is 4.79 Å². The van der Waals surface area contributed by atoms with Gasteiger partial charge in [0.15, 0.2) is 11.5 Å². The molecule has 1 amide bonds. The number of aryl methyl sites for hydroxylation is 2. The van der Waals surface area contributed by atoms with Crippen LogP contribution in [-0.4, -0.2) is 61.2 Å². The normalized spacial score (nSPS) is 15.5. The van der Waals surface area contributed by atoms with Gasteiger partial charge in [-0.1, -0.05) is 11.2 Å². The molecular weight excluding hydrogens is 370 g/mol. The van der Waals surface area contributed by atoms with Gasteiger partial charge in [-0.3, -0.25) is 4.79 Å². The lowest BCUT2D eigenvalue weighted by Gasteiger charge is -2.18. The summed E-state index contributed by atoms with van der Waals surface area (Å²) in [6.07, 6.45) is 4.45. The fourth-order valence-electron chi connectivity index (χ4n) is 3.30. The molecule has 0 unspecified atom stereocenters. The molecule has 0 atom stereocenters. The van der Waals surface area contributed by atoms with Crippen LogP contribution in [-0.2, 0) is 11.4 Å². The van der Waals surface area contributed by atoms with Gasteiger partial charge in [-0.2, -0.15) is 0 Å². The molecule has 0 bridgehead atoms. The highest BCUT2D eigenvalue weighted by Gasteiger charge is 2.15. The van der Waals surface area contributed by atoms with E-state index >= 15 is 0 Å². The van der Waals surface area contributed by atoms with Gasteiger partial charge in [0.1, 0.15) is 12.4 Å². The second-order valence-corrected chi connectivity index (χ2v) is 7.32. The molecule has 1 saturated heterocycles. The highest BCUT2D eigenvalue weighted by molar-refractivity contribution is 5.91. The Labute approximate surface area is 171 Å². The first-order chi connectivity index (χ1) is 14.0. The van der Waals surface area contributed by atoms with Crippen LogP contribution in [0.1, 0.15) is 29.0 Å². The topological polar surface area (TPSA) is 68.0 Å². The number of aromatic nitrogens is 1. The van der Waals surface area contributed by atoms with Gasteiger partial charge in [-0.05, 0) is 57.6 Å². The highest BCUT2D eigenvalue weighted by Crippen LogP contribution is 2.30. The molecule has 0 radical (unpaired) electrons. The third-order valence-electron chi connectivity index (χ3n) is 5.19. The van der Waals surface area contributed by atoms with Gasteiger partial charge in [-0.15, -0.1) is 0 Å². The van der Waals surface area contributed by atoms with E-state index in [1.165, 1.54) is 0 Å². The summed E-state index contributed by atoms with van der Waals surface area (Å²) in [6.45, 7) is 7.60. The average molecular weight is 399 g/mol. The average Bonchev–Trinajstić information content (AvgIpc) is 2.90. The number of carbonyl (C=O) groups excluding carboxylic acids is 1. The molecule has 0 saturated carbocycles. The second kappa shape index (κ2) is 9.60. The van der Waals surface area contributed by atoms with Gasteiger partial charge in [0.05, 0.1) is 18.4 Å². The van der Waals surface area contributed by atoms with Crippen molar-refractivity contribution in [1.29, 1.82) is 0 Å². The zero-order valence-corrected chi connectivity index (χ0v) is 17.6. The van der Waals surface area contributed by atoms with Crippen LogP contribution in [0.25, 0.3) is 6.08 Å². The maximum atomic E-state index is 12.5. The fraction of sp³-hybridized carbons (Fsp3) is 0.455. The number of hydrogen-bond acceptors (Lipinski definition) is 6. The van der Waals surface area contributed by atoms with E-state index < -0.39 is 0 Å². The lowest BCUT2D eigenvalue weighted by molar-refractivity contribution is -0.125.